The summed E-state index contributed by atoms with van der Waals surface area (Å²) in [6.45, 7) is 3.39. The summed E-state index contributed by atoms with van der Waals surface area (Å²) in [7, 11) is 0. The van der Waals surface area contributed by atoms with Crippen molar-refractivity contribution in [1.29, 1.82) is 0 Å². The molecule has 0 aliphatic rings. The van der Waals surface area contributed by atoms with Gasteiger partial charge in [-0.3, -0.25) is 9.79 Å². The summed E-state index contributed by atoms with van der Waals surface area (Å²) in [5.74, 6) is -0.493. The maximum absolute atomic E-state index is 10.3. The van der Waals surface area contributed by atoms with E-state index in [9.17, 15) is 4.79 Å². The summed E-state index contributed by atoms with van der Waals surface area (Å²) in [4.78, 5) is 14.0. The Morgan fingerprint density at radius 3 is 2.75 bits per heavy atom. The van der Waals surface area contributed by atoms with Gasteiger partial charge in [0.2, 0.25) is 5.91 Å². The lowest BCUT2D eigenvalue weighted by atomic mass is 10.4. The maximum atomic E-state index is 10.3. The van der Waals surface area contributed by atoms with E-state index in [2.05, 4.69) is 27.5 Å². The predicted molar refractivity (Wildman–Crippen MR) is 54.0 cm³/mol. The molecule has 0 saturated heterocycles. The summed E-state index contributed by atoms with van der Waals surface area (Å²) in [6, 6.07) is 0. The third kappa shape index (κ3) is 6.95. The van der Waals surface area contributed by atoms with Crippen molar-refractivity contribution in [1.82, 2.24) is 0 Å². The Balaban J connectivity index is 4.07. The van der Waals surface area contributed by atoms with Crippen LogP contribution in [0.25, 0.3) is 0 Å². The highest BCUT2D eigenvalue weighted by Crippen LogP contribution is 2.04. The van der Waals surface area contributed by atoms with Gasteiger partial charge in [0, 0.05) is 23.0 Å². The van der Waals surface area contributed by atoms with Crippen molar-refractivity contribution in [2.45, 2.75) is 0 Å². The molecule has 0 fully saturated rings. The van der Waals surface area contributed by atoms with Crippen molar-refractivity contribution in [3.63, 3.8) is 0 Å². The van der Waals surface area contributed by atoms with Gasteiger partial charge in [0.1, 0.15) is 0 Å². The zero-order chi connectivity index (χ0) is 9.40. The molecule has 64 valence electrons. The number of hydrogen-bond acceptors (Lipinski definition) is 2. The van der Waals surface area contributed by atoms with Gasteiger partial charge < -0.3 is 5.73 Å². The van der Waals surface area contributed by atoms with Crippen LogP contribution in [0.15, 0.2) is 40.5 Å². The number of hydrogen-bond donors (Lipinski definition) is 1. The van der Waals surface area contributed by atoms with E-state index in [1.54, 1.807) is 18.4 Å². The minimum absolute atomic E-state index is 0.493. The average molecular weight is 229 g/mol. The minimum atomic E-state index is -0.493. The smallest absolute Gasteiger partial charge is 0.242 e. The van der Waals surface area contributed by atoms with Crippen LogP contribution < -0.4 is 5.73 Å². The Morgan fingerprint density at radius 2 is 2.25 bits per heavy atom. The molecule has 0 aliphatic carbocycles. The molecule has 12 heavy (non-hydrogen) atoms. The third-order valence-electron chi connectivity index (χ3n) is 0.813. The number of carbonyl (C=O) groups is 1. The van der Waals surface area contributed by atoms with Gasteiger partial charge in [-0.05, 0) is 12.2 Å². The van der Waals surface area contributed by atoms with Gasteiger partial charge in [0.05, 0.1) is 0 Å². The molecule has 0 saturated carbocycles. The maximum Gasteiger partial charge on any atom is 0.242 e. The first-order valence-corrected chi connectivity index (χ1v) is 3.93. The molecule has 0 unspecified atom stereocenters. The van der Waals surface area contributed by atoms with Crippen LogP contribution >= 0.6 is 15.9 Å². The molecule has 0 aliphatic heterocycles. The Bertz CT molecular complexity index is 254. The summed E-state index contributed by atoms with van der Waals surface area (Å²) in [5, 5.41) is 0. The minimum Gasteiger partial charge on any atom is -0.366 e. The highest BCUT2D eigenvalue weighted by molar-refractivity contribution is 9.11. The van der Waals surface area contributed by atoms with Gasteiger partial charge in [-0.2, -0.15) is 0 Å². The van der Waals surface area contributed by atoms with Crippen molar-refractivity contribution in [3.8, 4) is 0 Å². The number of rotatable bonds is 4. The van der Waals surface area contributed by atoms with Gasteiger partial charge >= 0.3 is 0 Å². The monoisotopic (exact) mass is 228 g/mol. The van der Waals surface area contributed by atoms with Crippen LogP contribution in [0.5, 0.6) is 0 Å². The van der Waals surface area contributed by atoms with E-state index in [0.29, 0.717) is 4.48 Å². The van der Waals surface area contributed by atoms with Gasteiger partial charge in [0.15, 0.2) is 0 Å². The highest BCUT2D eigenvalue weighted by atomic mass is 79.9. The molecule has 0 spiro atoms. The summed E-state index contributed by atoms with van der Waals surface area (Å²) in [5.41, 5.74) is 4.89. The first-order valence-electron chi connectivity index (χ1n) is 3.14. The number of halogens is 1. The molecule has 4 heteroatoms. The number of nitrogens with zero attached hydrogens (tertiary/aromatic N) is 1. The van der Waals surface area contributed by atoms with Gasteiger partial charge in [-0.1, -0.05) is 22.5 Å². The summed E-state index contributed by atoms with van der Waals surface area (Å²) >= 11 is 3.12. The first-order chi connectivity index (χ1) is 5.66. The molecular formula is C8H9BrN2O. The summed E-state index contributed by atoms with van der Waals surface area (Å²) < 4.78 is 0.602. The van der Waals surface area contributed by atoms with E-state index in [1.807, 2.05) is 0 Å². The number of carbonyl (C=O) groups excluding carboxylic acids is 1. The molecule has 0 aromatic carbocycles. The molecule has 0 aromatic heterocycles. The summed E-state index contributed by atoms with van der Waals surface area (Å²) in [6.07, 6.45) is 7.53. The van der Waals surface area contributed by atoms with Gasteiger partial charge in [-0.15, -0.1) is 0 Å². The number of aliphatic imine (C=N–C) groups is 1. The van der Waals surface area contributed by atoms with Crippen molar-refractivity contribution in [3.05, 3.63) is 35.5 Å². The number of nitrogens with two attached hydrogens (primary N) is 1. The highest BCUT2D eigenvalue weighted by Gasteiger charge is 1.86. The van der Waals surface area contributed by atoms with Gasteiger partial charge in [0.25, 0.3) is 0 Å². The van der Waals surface area contributed by atoms with E-state index in [-0.39, 0.29) is 0 Å². The Hall–Kier alpha value is -1.16. The van der Waals surface area contributed by atoms with Crippen molar-refractivity contribution in [2.75, 3.05) is 0 Å². The molecule has 0 radical (unpaired) electrons. The molecule has 0 aromatic rings. The molecule has 0 heterocycles. The Morgan fingerprint density at radius 1 is 1.58 bits per heavy atom. The SMILES string of the molecule is C=C/N=C/C=C\C(Br)=C\C(N)=O. The molecule has 0 atom stereocenters. The fourth-order valence-corrected chi connectivity index (χ4v) is 0.808. The number of allylic oxidation sites excluding steroid dienone is 3. The van der Waals surface area contributed by atoms with Crippen LogP contribution in [0.4, 0.5) is 0 Å². The van der Waals surface area contributed by atoms with E-state index >= 15 is 0 Å². The van der Waals surface area contributed by atoms with Crippen LogP contribution in [0, 0.1) is 0 Å². The van der Waals surface area contributed by atoms with E-state index < -0.39 is 5.91 Å². The fourth-order valence-electron chi connectivity index (χ4n) is 0.430. The number of primary amides is 1. The third-order valence-corrected chi connectivity index (χ3v) is 1.31. The van der Waals surface area contributed by atoms with Crippen molar-refractivity contribution in [2.24, 2.45) is 10.7 Å². The first kappa shape index (κ1) is 10.8. The average Bonchev–Trinajstić information content (AvgIpc) is 1.97. The van der Waals surface area contributed by atoms with E-state index in [1.165, 1.54) is 12.3 Å². The van der Waals surface area contributed by atoms with E-state index in [4.69, 9.17) is 5.73 Å². The molecule has 3 nitrogen and oxygen atoms in total. The molecular weight excluding hydrogens is 220 g/mol. The Labute approximate surface area is 79.5 Å². The van der Waals surface area contributed by atoms with Crippen molar-refractivity contribution < 1.29 is 4.79 Å². The predicted octanol–water partition coefficient (Wildman–Crippen LogP) is 1.52. The lowest BCUT2D eigenvalue weighted by Gasteiger charge is -1.84. The quantitative estimate of drug-likeness (QED) is 0.443. The molecule has 0 bridgehead atoms. The lowest BCUT2D eigenvalue weighted by Crippen LogP contribution is -2.05. The molecule has 1 amide bonds. The Kier molecular flexibility index (Phi) is 5.91. The van der Waals surface area contributed by atoms with Crippen LogP contribution in [-0.4, -0.2) is 12.1 Å². The van der Waals surface area contributed by atoms with Crippen LogP contribution in [0.1, 0.15) is 0 Å². The second-order valence-corrected chi connectivity index (χ2v) is 2.69. The van der Waals surface area contributed by atoms with Crippen LogP contribution in [-0.2, 0) is 4.79 Å². The van der Waals surface area contributed by atoms with Gasteiger partial charge in [-0.25, -0.2) is 0 Å². The zero-order valence-electron chi connectivity index (χ0n) is 6.40. The normalized spacial score (nSPS) is 12.6. The second-order valence-electron chi connectivity index (χ2n) is 1.77. The zero-order valence-corrected chi connectivity index (χ0v) is 7.99. The van der Waals surface area contributed by atoms with Crippen LogP contribution in [0.2, 0.25) is 0 Å². The van der Waals surface area contributed by atoms with Crippen molar-refractivity contribution >= 4 is 28.1 Å². The number of amides is 1. The lowest BCUT2D eigenvalue weighted by molar-refractivity contribution is -0.113. The molecule has 2 N–H and O–H groups in total. The molecule has 0 rings (SSSR count). The van der Waals surface area contributed by atoms with E-state index in [0.717, 1.165) is 0 Å². The second kappa shape index (κ2) is 6.54. The largest absolute Gasteiger partial charge is 0.366 e. The topological polar surface area (TPSA) is 55.4 Å². The standard InChI is InChI=1S/C8H9BrN2O/c1-2-11-5-3-4-7(9)6-8(10)12/h2-6H,1H2,(H2,10,12)/b4-3-,7-6-,11-5+. The van der Waals surface area contributed by atoms with Crippen LogP contribution in [0.3, 0.4) is 0 Å². The fraction of sp³-hybridized carbons (Fsp3) is 0.